The van der Waals surface area contributed by atoms with Crippen LogP contribution in [0.4, 0.5) is 10.5 Å². The van der Waals surface area contributed by atoms with Gasteiger partial charge in [0.25, 0.3) is 5.91 Å². The fourth-order valence-electron chi connectivity index (χ4n) is 4.32. The SMILES string of the molecule is O=C1CN(C(=O)Nc2ccc3nc(C4CC4)sc3c2)C2(CCCCC2)C(=O)N1. The Labute approximate surface area is 166 Å². The third-order valence-electron chi connectivity index (χ3n) is 6.00. The molecule has 0 atom stereocenters. The largest absolute Gasteiger partial charge is 0.323 e. The normalized spacial score (nSPS) is 21.8. The number of piperazine rings is 1. The van der Waals surface area contributed by atoms with Crippen molar-refractivity contribution in [2.75, 3.05) is 11.9 Å². The molecule has 5 rings (SSSR count). The zero-order valence-electron chi connectivity index (χ0n) is 15.5. The summed E-state index contributed by atoms with van der Waals surface area (Å²) in [4.78, 5) is 43.8. The molecule has 2 aromatic rings. The summed E-state index contributed by atoms with van der Waals surface area (Å²) in [5.74, 6) is -0.173. The van der Waals surface area contributed by atoms with Crippen LogP contribution in [0.15, 0.2) is 18.2 Å². The van der Waals surface area contributed by atoms with E-state index in [1.165, 1.54) is 17.7 Å². The van der Waals surface area contributed by atoms with Crippen molar-refractivity contribution in [3.8, 4) is 0 Å². The first-order valence-corrected chi connectivity index (χ1v) is 10.7. The molecule has 1 aromatic heterocycles. The molecule has 2 N–H and O–H groups in total. The molecule has 8 heteroatoms. The fourth-order valence-corrected chi connectivity index (χ4v) is 5.49. The molecule has 0 radical (unpaired) electrons. The van der Waals surface area contributed by atoms with Gasteiger partial charge in [-0.25, -0.2) is 9.78 Å². The van der Waals surface area contributed by atoms with E-state index in [9.17, 15) is 14.4 Å². The predicted octanol–water partition coefficient (Wildman–Crippen LogP) is 3.37. The molecule has 7 nitrogen and oxygen atoms in total. The van der Waals surface area contributed by atoms with Gasteiger partial charge in [-0.05, 0) is 43.9 Å². The molecule has 146 valence electrons. The number of carbonyl (C=O) groups is 3. The van der Waals surface area contributed by atoms with E-state index in [0.29, 0.717) is 24.4 Å². The highest BCUT2D eigenvalue weighted by Gasteiger charge is 2.51. The van der Waals surface area contributed by atoms with Gasteiger partial charge in [0.15, 0.2) is 0 Å². The second-order valence-corrected chi connectivity index (χ2v) is 9.06. The third-order valence-corrected chi connectivity index (χ3v) is 7.18. The van der Waals surface area contributed by atoms with E-state index in [0.717, 1.165) is 34.5 Å². The summed E-state index contributed by atoms with van der Waals surface area (Å²) < 4.78 is 1.04. The number of hydrogen-bond donors (Lipinski definition) is 2. The van der Waals surface area contributed by atoms with Crippen LogP contribution in [0, 0.1) is 0 Å². The number of fused-ring (bicyclic) bond motifs is 1. The van der Waals surface area contributed by atoms with Gasteiger partial charge in [-0.1, -0.05) is 19.3 Å². The number of aromatic nitrogens is 1. The zero-order chi connectivity index (χ0) is 19.3. The maximum absolute atomic E-state index is 13.1. The minimum absolute atomic E-state index is 0.0911. The quantitative estimate of drug-likeness (QED) is 0.759. The molecular formula is C20H22N4O3S. The van der Waals surface area contributed by atoms with E-state index in [1.54, 1.807) is 11.3 Å². The predicted molar refractivity (Wildman–Crippen MR) is 106 cm³/mol. The second-order valence-electron chi connectivity index (χ2n) is 7.99. The van der Waals surface area contributed by atoms with E-state index < -0.39 is 17.5 Å². The third kappa shape index (κ3) is 2.96. The molecule has 1 spiro atoms. The van der Waals surface area contributed by atoms with Crippen LogP contribution in [0.3, 0.4) is 0 Å². The van der Waals surface area contributed by atoms with E-state index in [1.807, 2.05) is 18.2 Å². The zero-order valence-corrected chi connectivity index (χ0v) is 16.3. The van der Waals surface area contributed by atoms with Crippen LogP contribution in [0.5, 0.6) is 0 Å². The molecule has 2 aliphatic carbocycles. The number of urea groups is 1. The monoisotopic (exact) mass is 398 g/mol. The Morgan fingerprint density at radius 1 is 1.21 bits per heavy atom. The number of nitrogens with one attached hydrogen (secondary N) is 2. The summed E-state index contributed by atoms with van der Waals surface area (Å²) in [5.41, 5.74) is 0.693. The van der Waals surface area contributed by atoms with Gasteiger partial charge in [-0.2, -0.15) is 0 Å². The highest BCUT2D eigenvalue weighted by atomic mass is 32.1. The molecule has 3 fully saturated rings. The van der Waals surface area contributed by atoms with E-state index >= 15 is 0 Å². The lowest BCUT2D eigenvalue weighted by molar-refractivity contribution is -0.146. The first-order valence-electron chi connectivity index (χ1n) is 9.89. The van der Waals surface area contributed by atoms with Crippen molar-refractivity contribution in [3.63, 3.8) is 0 Å². The number of imide groups is 1. The van der Waals surface area contributed by atoms with Gasteiger partial charge in [0.1, 0.15) is 12.1 Å². The van der Waals surface area contributed by atoms with Crippen molar-refractivity contribution in [2.45, 2.75) is 56.4 Å². The Morgan fingerprint density at radius 2 is 2.00 bits per heavy atom. The van der Waals surface area contributed by atoms with Crippen molar-refractivity contribution < 1.29 is 14.4 Å². The van der Waals surface area contributed by atoms with Crippen molar-refractivity contribution >= 4 is 45.1 Å². The van der Waals surface area contributed by atoms with E-state index in [-0.39, 0.29) is 12.5 Å². The minimum Gasteiger partial charge on any atom is -0.308 e. The van der Waals surface area contributed by atoms with Crippen molar-refractivity contribution in [2.24, 2.45) is 0 Å². The van der Waals surface area contributed by atoms with Crippen molar-refractivity contribution in [3.05, 3.63) is 23.2 Å². The summed E-state index contributed by atoms with van der Waals surface area (Å²) in [6, 6.07) is 5.28. The molecule has 0 bridgehead atoms. The van der Waals surface area contributed by atoms with Crippen LogP contribution in [-0.2, 0) is 9.59 Å². The highest BCUT2D eigenvalue weighted by Crippen LogP contribution is 2.43. The van der Waals surface area contributed by atoms with Gasteiger partial charge < -0.3 is 10.2 Å². The summed E-state index contributed by atoms with van der Waals surface area (Å²) in [6.07, 6.45) is 6.40. The first kappa shape index (κ1) is 17.6. The van der Waals surface area contributed by atoms with E-state index in [2.05, 4.69) is 15.6 Å². The summed E-state index contributed by atoms with van der Waals surface area (Å²) in [5, 5.41) is 6.49. The van der Waals surface area contributed by atoms with Gasteiger partial charge in [-0.15, -0.1) is 11.3 Å². The maximum atomic E-state index is 13.1. The molecular weight excluding hydrogens is 376 g/mol. The molecule has 1 aliphatic heterocycles. The minimum atomic E-state index is -0.913. The van der Waals surface area contributed by atoms with Gasteiger partial charge >= 0.3 is 6.03 Å². The lowest BCUT2D eigenvalue weighted by Gasteiger charge is -2.46. The van der Waals surface area contributed by atoms with Gasteiger partial charge in [-0.3, -0.25) is 14.9 Å². The lowest BCUT2D eigenvalue weighted by atomic mass is 9.78. The molecule has 4 amide bonds. The Hall–Kier alpha value is -2.48. The van der Waals surface area contributed by atoms with Gasteiger partial charge in [0, 0.05) is 11.6 Å². The van der Waals surface area contributed by atoms with Crippen LogP contribution in [0.1, 0.15) is 55.9 Å². The van der Waals surface area contributed by atoms with Crippen LogP contribution in [0.25, 0.3) is 10.2 Å². The molecule has 1 aromatic carbocycles. The van der Waals surface area contributed by atoms with Gasteiger partial charge in [0.2, 0.25) is 5.91 Å². The number of carbonyl (C=O) groups excluding carboxylic acids is 3. The smallest absolute Gasteiger partial charge is 0.308 e. The number of amides is 4. The molecule has 0 unspecified atom stereocenters. The molecule has 2 heterocycles. The van der Waals surface area contributed by atoms with Crippen molar-refractivity contribution in [1.82, 2.24) is 15.2 Å². The van der Waals surface area contributed by atoms with Crippen LogP contribution in [-0.4, -0.2) is 39.8 Å². The van der Waals surface area contributed by atoms with Gasteiger partial charge in [0.05, 0.1) is 15.2 Å². The average molecular weight is 398 g/mol. The Morgan fingerprint density at radius 3 is 2.75 bits per heavy atom. The van der Waals surface area contributed by atoms with Crippen LogP contribution < -0.4 is 10.6 Å². The Bertz CT molecular complexity index is 975. The van der Waals surface area contributed by atoms with Crippen molar-refractivity contribution in [1.29, 1.82) is 0 Å². The topological polar surface area (TPSA) is 91.4 Å². The summed E-state index contributed by atoms with van der Waals surface area (Å²) >= 11 is 1.67. The second kappa shape index (κ2) is 6.55. The van der Waals surface area contributed by atoms with Crippen LogP contribution in [0.2, 0.25) is 0 Å². The number of rotatable bonds is 2. The van der Waals surface area contributed by atoms with E-state index in [4.69, 9.17) is 0 Å². The lowest BCUT2D eigenvalue weighted by Crippen LogP contribution is -2.69. The standard InChI is InChI=1S/C20H22N4O3S/c25-16-11-24(20(18(26)23-16)8-2-1-3-9-20)19(27)21-13-6-7-14-15(10-13)28-17(22-14)12-4-5-12/h6-7,10,12H,1-5,8-9,11H2,(H,21,27)(H,23,25,26). The number of thiazole rings is 1. The molecule has 28 heavy (non-hydrogen) atoms. The maximum Gasteiger partial charge on any atom is 0.323 e. The Balaban J connectivity index is 1.40. The average Bonchev–Trinajstić information content (AvgIpc) is 3.45. The molecule has 2 saturated carbocycles. The number of benzene rings is 1. The molecule has 3 aliphatic rings. The first-order chi connectivity index (χ1) is 13.5. The summed E-state index contributed by atoms with van der Waals surface area (Å²) in [7, 11) is 0. The number of hydrogen-bond acceptors (Lipinski definition) is 5. The van der Waals surface area contributed by atoms with Crippen LogP contribution >= 0.6 is 11.3 Å². The Kier molecular flexibility index (Phi) is 4.12. The molecule has 1 saturated heterocycles. The fraction of sp³-hybridized carbons (Fsp3) is 0.500. The number of anilines is 1. The highest BCUT2D eigenvalue weighted by molar-refractivity contribution is 7.18. The number of nitrogens with zero attached hydrogens (tertiary/aromatic N) is 2. The summed E-state index contributed by atoms with van der Waals surface area (Å²) in [6.45, 7) is -0.0911.